The summed E-state index contributed by atoms with van der Waals surface area (Å²) in [5.41, 5.74) is 0.930. The zero-order valence-corrected chi connectivity index (χ0v) is 12.1. The molecule has 1 heterocycles. The van der Waals surface area contributed by atoms with Crippen LogP contribution in [0.2, 0.25) is 0 Å². The minimum atomic E-state index is -0.404. The molecule has 1 aromatic rings. The van der Waals surface area contributed by atoms with Gasteiger partial charge in [-0.25, -0.2) is 4.39 Å². The van der Waals surface area contributed by atoms with Crippen LogP contribution in [0.4, 0.5) is 10.1 Å². The van der Waals surface area contributed by atoms with E-state index in [0.717, 1.165) is 24.9 Å². The van der Waals surface area contributed by atoms with Crippen LogP contribution in [0.1, 0.15) is 25.3 Å². The molecule has 1 saturated heterocycles. The Morgan fingerprint density at radius 2 is 2.16 bits per heavy atom. The molecule has 1 aromatic carbocycles. The normalized spacial score (nSPS) is 22.5. The summed E-state index contributed by atoms with van der Waals surface area (Å²) in [6.07, 6.45) is 1.85. The fourth-order valence-corrected chi connectivity index (χ4v) is 2.34. The number of piperidine rings is 1. The number of nitrogens with one attached hydrogen (secondary N) is 2. The van der Waals surface area contributed by atoms with E-state index >= 15 is 0 Å². The summed E-state index contributed by atoms with van der Waals surface area (Å²) in [4.78, 5) is 12.2. The molecule has 3 nitrogen and oxygen atoms in total. The van der Waals surface area contributed by atoms with Crippen molar-refractivity contribution in [3.63, 3.8) is 0 Å². The molecule has 1 aliphatic heterocycles. The number of carbonyl (C=O) groups excluding carboxylic acids is 1. The maximum atomic E-state index is 13.3. The first-order valence-corrected chi connectivity index (χ1v) is 6.29. The lowest BCUT2D eigenvalue weighted by atomic mass is 9.82. The van der Waals surface area contributed by atoms with E-state index in [9.17, 15) is 9.18 Å². The van der Waals surface area contributed by atoms with Crippen molar-refractivity contribution in [3.8, 4) is 0 Å². The quantitative estimate of drug-likeness (QED) is 0.878. The molecule has 0 radical (unpaired) electrons. The number of halogens is 2. The van der Waals surface area contributed by atoms with E-state index in [1.807, 2.05) is 13.8 Å². The zero-order chi connectivity index (χ0) is 13.2. The first-order valence-electron chi connectivity index (χ1n) is 6.29. The van der Waals surface area contributed by atoms with Crippen molar-refractivity contribution in [2.75, 3.05) is 18.4 Å². The molecule has 0 spiro atoms. The summed E-state index contributed by atoms with van der Waals surface area (Å²) in [7, 11) is 0. The van der Waals surface area contributed by atoms with Crippen molar-refractivity contribution in [3.05, 3.63) is 29.6 Å². The van der Waals surface area contributed by atoms with Crippen molar-refractivity contribution in [2.24, 2.45) is 5.41 Å². The molecule has 5 heteroatoms. The minimum Gasteiger partial charge on any atom is -0.325 e. The molecule has 106 valence electrons. The molecule has 1 atom stereocenters. The Labute approximate surface area is 119 Å². The largest absolute Gasteiger partial charge is 0.325 e. The Morgan fingerprint density at radius 1 is 1.42 bits per heavy atom. The van der Waals surface area contributed by atoms with Crippen molar-refractivity contribution in [2.45, 2.75) is 26.7 Å². The number of benzene rings is 1. The second-order valence-electron chi connectivity index (χ2n) is 5.31. The summed E-state index contributed by atoms with van der Waals surface area (Å²) < 4.78 is 13.3. The summed E-state index contributed by atoms with van der Waals surface area (Å²) in [5.74, 6) is -0.364. The van der Waals surface area contributed by atoms with Crippen LogP contribution in [0.3, 0.4) is 0 Å². The highest BCUT2D eigenvalue weighted by atomic mass is 35.5. The van der Waals surface area contributed by atoms with Crippen molar-refractivity contribution in [1.82, 2.24) is 5.32 Å². The molecule has 1 unspecified atom stereocenters. The van der Waals surface area contributed by atoms with Crippen molar-refractivity contribution >= 4 is 24.0 Å². The molecule has 0 saturated carbocycles. The standard InChI is InChI=1S/C14H19FN2O.ClH/c1-10-6-11(15)8-12(7-10)17-13(18)14(2)4-3-5-16-9-14;/h6-8,16H,3-5,9H2,1-2H3,(H,17,18);1H. The van der Waals surface area contributed by atoms with Crippen LogP contribution in [-0.4, -0.2) is 19.0 Å². The number of aryl methyl sites for hydroxylation is 1. The predicted molar refractivity (Wildman–Crippen MR) is 77.2 cm³/mol. The van der Waals surface area contributed by atoms with Gasteiger partial charge >= 0.3 is 0 Å². The van der Waals surface area contributed by atoms with Crippen molar-refractivity contribution in [1.29, 1.82) is 0 Å². The smallest absolute Gasteiger partial charge is 0.231 e. The van der Waals surface area contributed by atoms with Gasteiger partial charge in [0.1, 0.15) is 5.82 Å². The Bertz CT molecular complexity index is 439. The number of hydrogen-bond donors (Lipinski definition) is 2. The fourth-order valence-electron chi connectivity index (χ4n) is 2.34. The molecule has 2 rings (SSSR count). The van der Waals surface area contributed by atoms with Gasteiger partial charge in [0.05, 0.1) is 5.41 Å². The lowest BCUT2D eigenvalue weighted by Crippen LogP contribution is -2.46. The van der Waals surface area contributed by atoms with Gasteiger partial charge in [0.2, 0.25) is 5.91 Å². The molecule has 2 N–H and O–H groups in total. The van der Waals surface area contributed by atoms with E-state index in [0.29, 0.717) is 12.2 Å². The summed E-state index contributed by atoms with van der Waals surface area (Å²) in [5, 5.41) is 6.04. The summed E-state index contributed by atoms with van der Waals surface area (Å²) in [6.45, 7) is 5.39. The van der Waals surface area contributed by atoms with Crippen LogP contribution in [0.15, 0.2) is 18.2 Å². The van der Waals surface area contributed by atoms with Gasteiger partial charge in [-0.05, 0) is 57.0 Å². The fraction of sp³-hybridized carbons (Fsp3) is 0.500. The molecule has 1 aliphatic rings. The average molecular weight is 287 g/mol. The van der Waals surface area contributed by atoms with Gasteiger partial charge in [-0.3, -0.25) is 4.79 Å². The van der Waals surface area contributed by atoms with Crippen LogP contribution >= 0.6 is 12.4 Å². The maximum Gasteiger partial charge on any atom is 0.231 e. The van der Waals surface area contributed by atoms with E-state index < -0.39 is 5.41 Å². The molecule has 1 amide bonds. The third kappa shape index (κ3) is 3.91. The average Bonchev–Trinajstić information content (AvgIpc) is 2.28. The van der Waals surface area contributed by atoms with Crippen LogP contribution < -0.4 is 10.6 Å². The van der Waals surface area contributed by atoms with E-state index in [4.69, 9.17) is 0 Å². The van der Waals surface area contributed by atoms with Crippen molar-refractivity contribution < 1.29 is 9.18 Å². The van der Waals surface area contributed by atoms with E-state index in [-0.39, 0.29) is 24.1 Å². The highest BCUT2D eigenvalue weighted by Gasteiger charge is 2.34. The molecule has 19 heavy (non-hydrogen) atoms. The Balaban J connectivity index is 0.00000180. The maximum absolute atomic E-state index is 13.3. The van der Waals surface area contributed by atoms with Crippen LogP contribution in [0, 0.1) is 18.2 Å². The van der Waals surface area contributed by atoms with Gasteiger partial charge in [-0.2, -0.15) is 0 Å². The number of amides is 1. The molecule has 0 bridgehead atoms. The number of rotatable bonds is 2. The monoisotopic (exact) mass is 286 g/mol. The number of anilines is 1. The molecular weight excluding hydrogens is 267 g/mol. The summed E-state index contributed by atoms with van der Waals surface area (Å²) in [6, 6.07) is 4.57. The van der Waals surface area contributed by atoms with Gasteiger partial charge in [-0.15, -0.1) is 12.4 Å². The Kier molecular flexibility index (Phi) is 5.32. The first-order chi connectivity index (χ1) is 8.49. The SMILES string of the molecule is Cc1cc(F)cc(NC(=O)C2(C)CCCNC2)c1.Cl. The highest BCUT2D eigenvalue weighted by molar-refractivity contribution is 5.95. The zero-order valence-electron chi connectivity index (χ0n) is 11.3. The highest BCUT2D eigenvalue weighted by Crippen LogP contribution is 2.27. The molecule has 0 aliphatic carbocycles. The molecule has 0 aromatic heterocycles. The van der Waals surface area contributed by atoms with Gasteiger partial charge in [0.25, 0.3) is 0 Å². The van der Waals surface area contributed by atoms with Crippen LogP contribution in [0.5, 0.6) is 0 Å². The van der Waals surface area contributed by atoms with Crippen LogP contribution in [-0.2, 0) is 4.79 Å². The number of carbonyl (C=O) groups is 1. The lowest BCUT2D eigenvalue weighted by Gasteiger charge is -2.32. The second kappa shape index (κ2) is 6.35. The molecule has 1 fully saturated rings. The second-order valence-corrected chi connectivity index (χ2v) is 5.31. The topological polar surface area (TPSA) is 41.1 Å². The lowest BCUT2D eigenvalue weighted by molar-refractivity contribution is -0.125. The van der Waals surface area contributed by atoms with E-state index in [1.165, 1.54) is 12.1 Å². The third-order valence-electron chi connectivity index (χ3n) is 3.45. The summed E-state index contributed by atoms with van der Waals surface area (Å²) >= 11 is 0. The van der Waals surface area contributed by atoms with E-state index in [2.05, 4.69) is 10.6 Å². The van der Waals surface area contributed by atoms with Gasteiger partial charge in [-0.1, -0.05) is 0 Å². The number of hydrogen-bond acceptors (Lipinski definition) is 2. The Hall–Kier alpha value is -1.13. The first kappa shape index (κ1) is 15.9. The molecular formula is C14H20ClFN2O. The van der Waals surface area contributed by atoms with Crippen LogP contribution in [0.25, 0.3) is 0 Å². The van der Waals surface area contributed by atoms with Gasteiger partial charge in [0, 0.05) is 12.2 Å². The Morgan fingerprint density at radius 3 is 2.74 bits per heavy atom. The van der Waals surface area contributed by atoms with E-state index in [1.54, 1.807) is 6.07 Å². The minimum absolute atomic E-state index is 0. The predicted octanol–water partition coefficient (Wildman–Crippen LogP) is 2.88. The third-order valence-corrected chi connectivity index (χ3v) is 3.45. The van der Waals surface area contributed by atoms with Gasteiger partial charge < -0.3 is 10.6 Å². The van der Waals surface area contributed by atoms with Gasteiger partial charge in [0.15, 0.2) is 0 Å².